The summed E-state index contributed by atoms with van der Waals surface area (Å²) in [6, 6.07) is 0. The van der Waals surface area contributed by atoms with Gasteiger partial charge in [0.25, 0.3) is 0 Å². The molecule has 0 bridgehead atoms. The summed E-state index contributed by atoms with van der Waals surface area (Å²) in [5.41, 5.74) is 2.76. The average Bonchev–Trinajstić information content (AvgIpc) is 3.34. The third-order valence-corrected chi connectivity index (χ3v) is 8.74. The third-order valence-electron chi connectivity index (χ3n) is 6.77. The molecule has 2 fully saturated rings. The highest BCUT2D eigenvalue weighted by molar-refractivity contribution is 7.89. The van der Waals surface area contributed by atoms with Crippen LogP contribution in [0.4, 0.5) is 0 Å². The van der Waals surface area contributed by atoms with E-state index in [-0.39, 0.29) is 23.3 Å². The van der Waals surface area contributed by atoms with E-state index in [4.69, 9.17) is 0 Å². The van der Waals surface area contributed by atoms with E-state index in [2.05, 4.69) is 21.3 Å². The quantitative estimate of drug-likeness (QED) is 0.616. The van der Waals surface area contributed by atoms with Crippen LogP contribution in [-0.2, 0) is 35.0 Å². The lowest BCUT2D eigenvalue weighted by Crippen LogP contribution is -2.52. The highest BCUT2D eigenvalue weighted by atomic mass is 32.2. The zero-order valence-electron chi connectivity index (χ0n) is 20.1. The summed E-state index contributed by atoms with van der Waals surface area (Å²) in [5, 5.41) is 8.70. The number of aromatic nitrogens is 4. The van der Waals surface area contributed by atoms with E-state index in [1.54, 1.807) is 17.8 Å². The molecule has 11 heteroatoms. The smallest absolute Gasteiger partial charge is 0.246 e. The molecule has 4 heterocycles. The first-order valence-corrected chi connectivity index (χ1v) is 13.2. The van der Waals surface area contributed by atoms with Gasteiger partial charge in [0, 0.05) is 77.4 Å². The molecule has 2 aromatic heterocycles. The predicted octanol–water partition coefficient (Wildman–Crippen LogP) is 0.998. The molecule has 2 aromatic rings. The molecule has 1 atom stereocenters. The van der Waals surface area contributed by atoms with Crippen molar-refractivity contribution in [3.05, 3.63) is 29.3 Å². The Kier molecular flexibility index (Phi) is 6.92. The first-order valence-electron chi connectivity index (χ1n) is 11.7. The van der Waals surface area contributed by atoms with Crippen molar-refractivity contribution in [3.8, 4) is 0 Å². The van der Waals surface area contributed by atoms with Crippen LogP contribution in [0.1, 0.15) is 36.7 Å². The number of carbonyl (C=O) groups excluding carboxylic acids is 1. The van der Waals surface area contributed by atoms with Crippen molar-refractivity contribution in [1.29, 1.82) is 0 Å². The molecule has 2 aliphatic heterocycles. The van der Waals surface area contributed by atoms with Crippen LogP contribution in [0.15, 0.2) is 17.3 Å². The minimum Gasteiger partial charge on any atom is -0.340 e. The maximum Gasteiger partial charge on any atom is 0.246 e. The molecule has 0 unspecified atom stereocenters. The van der Waals surface area contributed by atoms with Crippen LogP contribution in [0, 0.1) is 19.8 Å². The summed E-state index contributed by atoms with van der Waals surface area (Å²) >= 11 is 0. The number of rotatable bonds is 6. The molecule has 0 spiro atoms. The van der Waals surface area contributed by atoms with Crippen molar-refractivity contribution in [2.75, 3.05) is 39.3 Å². The number of hydrogen-bond acceptors (Lipinski definition) is 6. The van der Waals surface area contributed by atoms with E-state index < -0.39 is 10.0 Å². The van der Waals surface area contributed by atoms with Crippen LogP contribution in [-0.4, -0.2) is 87.3 Å². The van der Waals surface area contributed by atoms with Crippen LogP contribution in [0.5, 0.6) is 0 Å². The maximum atomic E-state index is 13.3. The lowest BCUT2D eigenvalue weighted by Gasteiger charge is -2.38. The second-order valence-electron chi connectivity index (χ2n) is 9.15. The number of sulfonamides is 1. The topological polar surface area (TPSA) is 96.6 Å². The second kappa shape index (κ2) is 9.55. The van der Waals surface area contributed by atoms with Crippen LogP contribution in [0.3, 0.4) is 0 Å². The molecule has 2 aliphatic rings. The fourth-order valence-corrected chi connectivity index (χ4v) is 6.54. The van der Waals surface area contributed by atoms with E-state index in [0.717, 1.165) is 31.7 Å². The van der Waals surface area contributed by atoms with Gasteiger partial charge in [-0.15, -0.1) is 0 Å². The molecular formula is C22H35N7O3S. The Morgan fingerprint density at radius 2 is 1.79 bits per heavy atom. The molecule has 0 aliphatic carbocycles. The summed E-state index contributed by atoms with van der Waals surface area (Å²) in [4.78, 5) is 17.8. The van der Waals surface area contributed by atoms with Gasteiger partial charge in [-0.25, -0.2) is 8.42 Å². The van der Waals surface area contributed by atoms with Crippen LogP contribution >= 0.6 is 0 Å². The fraction of sp³-hybridized carbons (Fsp3) is 0.682. The molecule has 182 valence electrons. The monoisotopic (exact) mass is 477 g/mol. The number of amides is 1. The summed E-state index contributed by atoms with van der Waals surface area (Å²) in [5.74, 6) is -0.213. The maximum absolute atomic E-state index is 13.3. The van der Waals surface area contributed by atoms with E-state index in [1.165, 1.54) is 9.87 Å². The summed E-state index contributed by atoms with van der Waals surface area (Å²) in [6.07, 6.45) is 5.07. The van der Waals surface area contributed by atoms with Crippen molar-refractivity contribution >= 4 is 15.9 Å². The minimum absolute atomic E-state index is 0.0769. The summed E-state index contributed by atoms with van der Waals surface area (Å²) < 4.78 is 31.5. The molecular weight excluding hydrogens is 442 g/mol. The van der Waals surface area contributed by atoms with Gasteiger partial charge >= 0.3 is 0 Å². The third kappa shape index (κ3) is 4.99. The molecule has 2 saturated heterocycles. The number of hydrogen-bond donors (Lipinski definition) is 0. The van der Waals surface area contributed by atoms with Crippen LogP contribution in [0.2, 0.25) is 0 Å². The number of aryl methyl sites for hydroxylation is 4. The Labute approximate surface area is 196 Å². The van der Waals surface area contributed by atoms with Gasteiger partial charge in [0.15, 0.2) is 0 Å². The van der Waals surface area contributed by atoms with Crippen molar-refractivity contribution in [1.82, 2.24) is 33.7 Å². The van der Waals surface area contributed by atoms with Crippen molar-refractivity contribution in [2.24, 2.45) is 13.0 Å². The fourth-order valence-electron chi connectivity index (χ4n) is 4.85. The largest absolute Gasteiger partial charge is 0.340 e. The van der Waals surface area contributed by atoms with Crippen molar-refractivity contribution in [2.45, 2.75) is 51.6 Å². The summed E-state index contributed by atoms with van der Waals surface area (Å²) in [6.45, 7) is 10.8. The number of piperazine rings is 1. The Hall–Kier alpha value is -2.24. The molecule has 33 heavy (non-hydrogen) atoms. The normalized spacial score (nSPS) is 21.0. The molecule has 0 radical (unpaired) electrons. The standard InChI is InChI=1S/C22H35N7O3S/c1-5-28-16-21(18(3)24-28)33(31,32)29-8-6-7-19(15-29)22(30)27-11-9-26(10-12-27)14-20-13-25(4)23-17(20)2/h13,16,19H,5-12,14-15H2,1-4H3/t19-/m1/s1. The molecule has 10 nitrogen and oxygen atoms in total. The van der Waals surface area contributed by atoms with Gasteiger partial charge in [-0.3, -0.25) is 19.1 Å². The number of carbonyl (C=O) groups is 1. The van der Waals surface area contributed by atoms with E-state index in [1.807, 2.05) is 30.5 Å². The van der Waals surface area contributed by atoms with Crippen LogP contribution < -0.4 is 0 Å². The highest BCUT2D eigenvalue weighted by Gasteiger charge is 2.37. The molecule has 4 rings (SSSR count). The zero-order valence-corrected chi connectivity index (χ0v) is 20.9. The van der Waals surface area contributed by atoms with Crippen molar-refractivity contribution < 1.29 is 13.2 Å². The highest BCUT2D eigenvalue weighted by Crippen LogP contribution is 2.27. The lowest BCUT2D eigenvalue weighted by molar-refractivity contribution is -0.138. The Morgan fingerprint density at radius 3 is 2.39 bits per heavy atom. The van der Waals surface area contributed by atoms with Gasteiger partial charge in [-0.2, -0.15) is 14.5 Å². The van der Waals surface area contributed by atoms with Crippen molar-refractivity contribution in [3.63, 3.8) is 0 Å². The first-order chi connectivity index (χ1) is 15.7. The Bertz CT molecular complexity index is 1100. The molecule has 0 saturated carbocycles. The lowest BCUT2D eigenvalue weighted by atomic mass is 9.97. The van der Waals surface area contributed by atoms with Gasteiger partial charge in [-0.05, 0) is 33.6 Å². The second-order valence-corrected chi connectivity index (χ2v) is 11.1. The summed E-state index contributed by atoms with van der Waals surface area (Å²) in [7, 11) is -1.73. The minimum atomic E-state index is -3.66. The van der Waals surface area contributed by atoms with Gasteiger partial charge < -0.3 is 4.90 Å². The van der Waals surface area contributed by atoms with E-state index in [0.29, 0.717) is 38.3 Å². The number of piperidine rings is 1. The molecule has 0 aromatic carbocycles. The van der Waals surface area contributed by atoms with Crippen LogP contribution in [0.25, 0.3) is 0 Å². The average molecular weight is 478 g/mol. The predicted molar refractivity (Wildman–Crippen MR) is 124 cm³/mol. The Balaban J connectivity index is 1.36. The van der Waals surface area contributed by atoms with Gasteiger partial charge in [0.05, 0.1) is 17.3 Å². The Morgan fingerprint density at radius 1 is 1.06 bits per heavy atom. The molecule has 1 amide bonds. The van der Waals surface area contributed by atoms with E-state index >= 15 is 0 Å². The van der Waals surface area contributed by atoms with Gasteiger partial charge in [-0.1, -0.05) is 0 Å². The molecule has 0 N–H and O–H groups in total. The van der Waals surface area contributed by atoms with Gasteiger partial charge in [0.1, 0.15) is 4.90 Å². The zero-order chi connectivity index (χ0) is 23.8. The number of nitrogens with zero attached hydrogens (tertiary/aromatic N) is 7. The van der Waals surface area contributed by atoms with Gasteiger partial charge in [0.2, 0.25) is 15.9 Å². The first kappa shape index (κ1) is 23.9. The SMILES string of the molecule is CCn1cc(S(=O)(=O)N2CCC[C@@H](C(=O)N3CCN(Cc4cn(C)nc4C)CC3)C2)c(C)n1. The van der Waals surface area contributed by atoms with E-state index in [9.17, 15) is 13.2 Å².